The highest BCUT2D eigenvalue weighted by atomic mass is 32.2. The van der Waals surface area contributed by atoms with Crippen molar-refractivity contribution in [2.45, 2.75) is 11.6 Å². The maximum absolute atomic E-state index is 13.2. The van der Waals surface area contributed by atoms with E-state index in [0.717, 1.165) is 35.1 Å². The minimum absolute atomic E-state index is 0.0825. The first-order chi connectivity index (χ1) is 13.2. The van der Waals surface area contributed by atoms with Gasteiger partial charge in [-0.25, -0.2) is 4.57 Å². The number of aromatic nitrogens is 4. The number of benzene rings is 2. The highest BCUT2D eigenvalue weighted by Gasteiger charge is 2.17. The van der Waals surface area contributed by atoms with Crippen molar-refractivity contribution in [3.8, 4) is 5.69 Å². The average molecular weight is 379 g/mol. The number of thioether (sulfide) groups is 1. The molecule has 27 heavy (non-hydrogen) atoms. The van der Waals surface area contributed by atoms with Gasteiger partial charge in [0, 0.05) is 5.75 Å². The molecule has 0 N–H and O–H groups in total. The van der Waals surface area contributed by atoms with E-state index in [2.05, 4.69) is 29.2 Å². The number of fused-ring (bicyclic) bond motifs is 3. The summed E-state index contributed by atoms with van der Waals surface area (Å²) < 4.78 is 3.63. The molecule has 0 saturated carbocycles. The van der Waals surface area contributed by atoms with Gasteiger partial charge in [0.15, 0.2) is 5.16 Å². The molecule has 0 amide bonds. The van der Waals surface area contributed by atoms with Crippen molar-refractivity contribution in [2.75, 3.05) is 26.4 Å². The van der Waals surface area contributed by atoms with Crippen molar-refractivity contribution >= 4 is 28.4 Å². The first-order valence-corrected chi connectivity index (χ1v) is 9.87. The van der Waals surface area contributed by atoms with Gasteiger partial charge in [-0.3, -0.25) is 9.20 Å². The number of hydrogen-bond acceptors (Lipinski definition) is 5. The smallest absolute Gasteiger partial charge is 0.267 e. The second-order valence-electron chi connectivity index (χ2n) is 6.62. The summed E-state index contributed by atoms with van der Waals surface area (Å²) in [6.07, 6.45) is 1.06. The van der Waals surface area contributed by atoms with Gasteiger partial charge < -0.3 is 4.90 Å². The number of para-hydroxylation sites is 2. The van der Waals surface area contributed by atoms with Gasteiger partial charge in [0.05, 0.1) is 16.6 Å². The van der Waals surface area contributed by atoms with Crippen LogP contribution in [-0.4, -0.2) is 50.5 Å². The van der Waals surface area contributed by atoms with Gasteiger partial charge in [0.1, 0.15) is 0 Å². The third-order valence-corrected chi connectivity index (χ3v) is 5.41. The lowest BCUT2D eigenvalue weighted by Crippen LogP contribution is -2.21. The van der Waals surface area contributed by atoms with Gasteiger partial charge in [0.25, 0.3) is 5.56 Å². The Bertz CT molecular complexity index is 1130. The van der Waals surface area contributed by atoms with E-state index in [4.69, 9.17) is 0 Å². The molecule has 2 aromatic heterocycles. The lowest BCUT2D eigenvalue weighted by molar-refractivity contribution is 0.410. The standard InChI is InChI=1S/C20H21N5OS/c1-23(2)13-8-14-27-20-22-21-19-24(15-9-4-3-5-10-15)18(26)16-11-6-7-12-17(16)25(19)20/h3-7,9-12H,8,13-14H2,1-2H3. The normalized spacial score (nSPS) is 11.7. The summed E-state index contributed by atoms with van der Waals surface area (Å²) in [5.41, 5.74) is 1.54. The Morgan fingerprint density at radius 1 is 1.00 bits per heavy atom. The van der Waals surface area contributed by atoms with E-state index in [1.165, 1.54) is 0 Å². The Hall–Kier alpha value is -2.64. The third kappa shape index (κ3) is 3.36. The van der Waals surface area contributed by atoms with Crippen LogP contribution in [0, 0.1) is 0 Å². The van der Waals surface area contributed by atoms with Crippen LogP contribution >= 0.6 is 11.8 Å². The van der Waals surface area contributed by atoms with Crippen molar-refractivity contribution in [1.29, 1.82) is 0 Å². The van der Waals surface area contributed by atoms with E-state index < -0.39 is 0 Å². The highest BCUT2D eigenvalue weighted by molar-refractivity contribution is 7.99. The van der Waals surface area contributed by atoms with Crippen molar-refractivity contribution in [2.24, 2.45) is 0 Å². The second-order valence-corrected chi connectivity index (χ2v) is 7.68. The van der Waals surface area contributed by atoms with E-state index in [9.17, 15) is 4.79 Å². The van der Waals surface area contributed by atoms with Crippen molar-refractivity contribution in [3.63, 3.8) is 0 Å². The van der Waals surface area contributed by atoms with Gasteiger partial charge in [-0.1, -0.05) is 42.1 Å². The van der Waals surface area contributed by atoms with Crippen LogP contribution < -0.4 is 5.56 Å². The molecule has 7 heteroatoms. The summed E-state index contributed by atoms with van der Waals surface area (Å²) >= 11 is 1.67. The Morgan fingerprint density at radius 2 is 1.74 bits per heavy atom. The lowest BCUT2D eigenvalue weighted by atomic mass is 10.2. The molecule has 0 spiro atoms. The highest BCUT2D eigenvalue weighted by Crippen LogP contribution is 2.23. The monoisotopic (exact) mass is 379 g/mol. The molecule has 2 aromatic carbocycles. The molecule has 0 aliphatic rings. The fraction of sp³-hybridized carbons (Fsp3) is 0.250. The zero-order valence-electron chi connectivity index (χ0n) is 15.4. The van der Waals surface area contributed by atoms with E-state index >= 15 is 0 Å². The quantitative estimate of drug-likeness (QED) is 0.381. The first-order valence-electron chi connectivity index (χ1n) is 8.88. The Labute approximate surface area is 161 Å². The SMILES string of the molecule is CN(C)CCCSc1nnc2n(-c3ccccc3)c(=O)c3ccccc3n12. The van der Waals surface area contributed by atoms with E-state index in [0.29, 0.717) is 11.2 Å². The molecule has 4 aromatic rings. The second kappa shape index (κ2) is 7.54. The Balaban J connectivity index is 1.89. The fourth-order valence-electron chi connectivity index (χ4n) is 3.13. The van der Waals surface area contributed by atoms with E-state index in [1.54, 1.807) is 16.3 Å². The zero-order chi connectivity index (χ0) is 18.8. The molecule has 0 aliphatic heterocycles. The van der Waals surface area contributed by atoms with Crippen molar-refractivity contribution in [1.82, 2.24) is 24.1 Å². The molecule has 0 aliphatic carbocycles. The summed E-state index contributed by atoms with van der Waals surface area (Å²) in [7, 11) is 4.15. The first kappa shape index (κ1) is 17.8. The number of rotatable bonds is 6. The molecule has 0 atom stereocenters. The largest absolute Gasteiger partial charge is 0.309 e. The van der Waals surface area contributed by atoms with Crippen LogP contribution in [0.3, 0.4) is 0 Å². The lowest BCUT2D eigenvalue weighted by Gasteiger charge is -2.11. The molecule has 2 heterocycles. The Kier molecular flexibility index (Phi) is 4.96. The predicted molar refractivity (Wildman–Crippen MR) is 110 cm³/mol. The summed E-state index contributed by atoms with van der Waals surface area (Å²) in [6.45, 7) is 1.03. The van der Waals surface area contributed by atoms with Crippen LogP contribution in [0.15, 0.2) is 64.5 Å². The molecule has 0 fully saturated rings. The summed E-state index contributed by atoms with van der Waals surface area (Å²) in [5, 5.41) is 10.2. The van der Waals surface area contributed by atoms with Gasteiger partial charge in [0.2, 0.25) is 5.78 Å². The van der Waals surface area contributed by atoms with Crippen LogP contribution in [0.2, 0.25) is 0 Å². The summed E-state index contributed by atoms with van der Waals surface area (Å²) in [5.74, 6) is 1.48. The fourth-order valence-corrected chi connectivity index (χ4v) is 3.99. The maximum atomic E-state index is 13.2. The van der Waals surface area contributed by atoms with Crippen molar-refractivity contribution < 1.29 is 0 Å². The van der Waals surface area contributed by atoms with Crippen LogP contribution in [0.4, 0.5) is 0 Å². The maximum Gasteiger partial charge on any atom is 0.267 e. The van der Waals surface area contributed by atoms with Crippen LogP contribution in [0.1, 0.15) is 6.42 Å². The third-order valence-electron chi connectivity index (χ3n) is 4.39. The van der Waals surface area contributed by atoms with Gasteiger partial charge in [-0.2, -0.15) is 0 Å². The topological polar surface area (TPSA) is 55.4 Å². The molecular formula is C20H21N5OS. The van der Waals surface area contributed by atoms with Crippen LogP contribution in [0.25, 0.3) is 22.4 Å². The zero-order valence-corrected chi connectivity index (χ0v) is 16.2. The summed E-state index contributed by atoms with van der Waals surface area (Å²) in [4.78, 5) is 15.3. The molecule has 4 rings (SSSR count). The van der Waals surface area contributed by atoms with Crippen LogP contribution in [-0.2, 0) is 0 Å². The molecule has 138 valence electrons. The molecule has 0 unspecified atom stereocenters. The minimum Gasteiger partial charge on any atom is -0.309 e. The average Bonchev–Trinajstić information content (AvgIpc) is 3.10. The molecule has 0 radical (unpaired) electrons. The minimum atomic E-state index is -0.0825. The summed E-state index contributed by atoms with van der Waals surface area (Å²) in [6, 6.07) is 17.2. The van der Waals surface area contributed by atoms with Crippen molar-refractivity contribution in [3.05, 3.63) is 65.0 Å². The van der Waals surface area contributed by atoms with E-state index in [1.807, 2.05) is 59.0 Å². The number of hydrogen-bond donors (Lipinski definition) is 0. The Morgan fingerprint density at radius 3 is 2.52 bits per heavy atom. The molecule has 6 nitrogen and oxygen atoms in total. The molecular weight excluding hydrogens is 358 g/mol. The van der Waals surface area contributed by atoms with Gasteiger partial charge >= 0.3 is 0 Å². The molecule has 0 saturated heterocycles. The molecule has 0 bridgehead atoms. The predicted octanol–water partition coefficient (Wildman–Crippen LogP) is 3.08. The van der Waals surface area contributed by atoms with E-state index in [-0.39, 0.29) is 5.56 Å². The van der Waals surface area contributed by atoms with Gasteiger partial charge in [-0.15, -0.1) is 10.2 Å². The number of nitrogens with zero attached hydrogens (tertiary/aromatic N) is 5. The van der Waals surface area contributed by atoms with Gasteiger partial charge in [-0.05, 0) is 51.3 Å². The van der Waals surface area contributed by atoms with Crippen LogP contribution in [0.5, 0.6) is 0 Å².